The second kappa shape index (κ2) is 8.86. The average molecular weight is 357 g/mol. The van der Waals surface area contributed by atoms with Crippen molar-refractivity contribution in [1.29, 1.82) is 5.26 Å². The number of unbranched alkanes of at least 4 members (excludes halogenated alkanes) is 1. The maximum Gasteiger partial charge on any atom is 0.347 e. The second-order valence-electron chi connectivity index (χ2n) is 5.77. The smallest absolute Gasteiger partial charge is 0.347 e. The Labute approximate surface area is 151 Å². The van der Waals surface area contributed by atoms with Crippen LogP contribution in [0.2, 0.25) is 0 Å². The first kappa shape index (κ1) is 19.3. The molecule has 0 aromatic heterocycles. The van der Waals surface area contributed by atoms with Crippen molar-refractivity contribution in [2.75, 3.05) is 6.61 Å². The molecule has 2 aromatic rings. The summed E-state index contributed by atoms with van der Waals surface area (Å²) in [6, 6.07) is 10.1. The van der Waals surface area contributed by atoms with Crippen LogP contribution >= 0.6 is 0 Å². The fourth-order valence-electron chi connectivity index (χ4n) is 2.29. The van der Waals surface area contributed by atoms with Gasteiger partial charge in [0, 0.05) is 11.1 Å². The van der Waals surface area contributed by atoms with Gasteiger partial charge >= 0.3 is 5.97 Å². The highest BCUT2D eigenvalue weighted by atomic mass is 19.1. The predicted octanol–water partition coefficient (Wildman–Crippen LogP) is 4.18. The molecule has 0 bridgehead atoms. The zero-order valence-corrected chi connectivity index (χ0v) is 14.7. The predicted molar refractivity (Wildman–Crippen MR) is 94.2 cm³/mol. The zero-order chi connectivity index (χ0) is 19.1. The highest BCUT2D eigenvalue weighted by molar-refractivity contribution is 5.75. The van der Waals surface area contributed by atoms with Crippen molar-refractivity contribution in [3.05, 3.63) is 47.8 Å². The van der Waals surface area contributed by atoms with Gasteiger partial charge in [0.2, 0.25) is 0 Å². The van der Waals surface area contributed by atoms with Gasteiger partial charge < -0.3 is 14.6 Å². The van der Waals surface area contributed by atoms with Crippen LogP contribution in [0.1, 0.15) is 32.3 Å². The molecular weight excluding hydrogens is 337 g/mol. The molecule has 0 radical (unpaired) electrons. The summed E-state index contributed by atoms with van der Waals surface area (Å²) in [7, 11) is 0. The van der Waals surface area contributed by atoms with Crippen molar-refractivity contribution >= 4 is 5.97 Å². The highest BCUT2D eigenvalue weighted by Crippen LogP contribution is 2.34. The molecule has 0 aliphatic carbocycles. The minimum atomic E-state index is -0.838. The summed E-state index contributed by atoms with van der Waals surface area (Å²) in [6.07, 6.45) is 0.856. The number of phenolic OH excluding ortho intramolecular Hbond substituents is 1. The maximum absolute atomic E-state index is 14.2. The minimum Gasteiger partial charge on any atom is -0.507 e. The number of halogens is 1. The Hall–Kier alpha value is -3.07. The number of ether oxygens (including phenoxy) is 2. The lowest BCUT2D eigenvalue weighted by atomic mass is 10.0. The van der Waals surface area contributed by atoms with Crippen molar-refractivity contribution in [2.24, 2.45) is 0 Å². The third-order valence-corrected chi connectivity index (χ3v) is 3.74. The number of rotatable bonds is 7. The van der Waals surface area contributed by atoms with E-state index in [1.165, 1.54) is 30.3 Å². The highest BCUT2D eigenvalue weighted by Gasteiger charge is 2.18. The molecule has 5 nitrogen and oxygen atoms in total. The molecule has 2 rings (SSSR count). The number of phenols is 1. The maximum atomic E-state index is 14.2. The van der Waals surface area contributed by atoms with Gasteiger partial charge in [-0.25, -0.2) is 9.18 Å². The number of benzene rings is 2. The van der Waals surface area contributed by atoms with Gasteiger partial charge in [-0.3, -0.25) is 0 Å². The summed E-state index contributed by atoms with van der Waals surface area (Å²) >= 11 is 0. The number of carbonyl (C=O) groups is 1. The number of carbonyl (C=O) groups excluding carboxylic acids is 1. The number of hydrogen-bond donors (Lipinski definition) is 1. The molecule has 6 heteroatoms. The van der Waals surface area contributed by atoms with Crippen molar-refractivity contribution in [3.8, 4) is 28.7 Å². The summed E-state index contributed by atoms with van der Waals surface area (Å²) in [5.41, 5.74) is 0.516. The van der Waals surface area contributed by atoms with Crippen molar-refractivity contribution < 1.29 is 23.8 Å². The van der Waals surface area contributed by atoms with E-state index in [2.05, 4.69) is 0 Å². The lowest BCUT2D eigenvalue weighted by Gasteiger charge is -2.15. The summed E-state index contributed by atoms with van der Waals surface area (Å²) in [5.74, 6) is -0.971. The number of nitrogens with zero attached hydrogens (tertiary/aromatic N) is 1. The molecule has 26 heavy (non-hydrogen) atoms. The average Bonchev–Trinajstić information content (AvgIpc) is 2.63. The lowest BCUT2D eigenvalue weighted by molar-refractivity contribution is -0.151. The van der Waals surface area contributed by atoms with Gasteiger partial charge in [-0.05, 0) is 49.7 Å². The number of esters is 1. The molecule has 0 heterocycles. The van der Waals surface area contributed by atoms with Gasteiger partial charge in [-0.1, -0.05) is 13.3 Å². The van der Waals surface area contributed by atoms with Crippen LogP contribution < -0.4 is 4.74 Å². The van der Waals surface area contributed by atoms with Crippen LogP contribution in [0.15, 0.2) is 36.4 Å². The van der Waals surface area contributed by atoms with E-state index in [0.717, 1.165) is 18.9 Å². The summed E-state index contributed by atoms with van der Waals surface area (Å²) in [5, 5.41) is 18.9. The van der Waals surface area contributed by atoms with Crippen molar-refractivity contribution in [3.63, 3.8) is 0 Å². The van der Waals surface area contributed by atoms with Crippen LogP contribution in [0.3, 0.4) is 0 Å². The van der Waals surface area contributed by atoms with E-state index in [4.69, 9.17) is 14.7 Å². The van der Waals surface area contributed by atoms with E-state index >= 15 is 0 Å². The van der Waals surface area contributed by atoms with Crippen LogP contribution in [0, 0.1) is 17.1 Å². The number of nitriles is 1. The largest absolute Gasteiger partial charge is 0.507 e. The van der Waals surface area contributed by atoms with E-state index in [1.807, 2.05) is 13.0 Å². The SMILES string of the molecule is CCCCOC(=O)C(C)Oc1ccc(O)c(-c2ccc(C#N)cc2F)c1. The van der Waals surface area contributed by atoms with Crippen LogP contribution in [-0.4, -0.2) is 23.8 Å². The van der Waals surface area contributed by atoms with E-state index in [-0.39, 0.29) is 22.4 Å². The quantitative estimate of drug-likeness (QED) is 0.594. The second-order valence-corrected chi connectivity index (χ2v) is 5.77. The van der Waals surface area contributed by atoms with E-state index in [0.29, 0.717) is 12.4 Å². The van der Waals surface area contributed by atoms with Gasteiger partial charge in [0.15, 0.2) is 6.10 Å². The molecule has 0 amide bonds. The summed E-state index contributed by atoms with van der Waals surface area (Å²) in [4.78, 5) is 11.9. The van der Waals surface area contributed by atoms with Crippen LogP contribution in [-0.2, 0) is 9.53 Å². The molecule has 0 fully saturated rings. The molecule has 2 aromatic carbocycles. The van der Waals surface area contributed by atoms with Crippen molar-refractivity contribution in [2.45, 2.75) is 32.8 Å². The van der Waals surface area contributed by atoms with Crippen molar-refractivity contribution in [1.82, 2.24) is 0 Å². The summed E-state index contributed by atoms with van der Waals surface area (Å²) < 4.78 is 24.9. The molecule has 1 unspecified atom stereocenters. The Balaban J connectivity index is 2.20. The molecule has 0 aliphatic heterocycles. The Kier molecular flexibility index (Phi) is 6.56. The molecule has 0 spiro atoms. The molecule has 0 saturated heterocycles. The zero-order valence-electron chi connectivity index (χ0n) is 14.7. The molecule has 0 aliphatic rings. The van der Waals surface area contributed by atoms with E-state index in [1.54, 1.807) is 6.92 Å². The third-order valence-electron chi connectivity index (χ3n) is 3.74. The fourth-order valence-corrected chi connectivity index (χ4v) is 2.29. The molecule has 1 N–H and O–H groups in total. The Morgan fingerprint density at radius 1 is 1.27 bits per heavy atom. The minimum absolute atomic E-state index is 0.130. The molecule has 136 valence electrons. The van der Waals surface area contributed by atoms with Gasteiger partial charge in [0.05, 0.1) is 18.2 Å². The van der Waals surface area contributed by atoms with Gasteiger partial charge in [0.25, 0.3) is 0 Å². The topological polar surface area (TPSA) is 79.6 Å². The standard InChI is InChI=1S/C20H20FNO4/c1-3-4-9-25-20(24)13(2)26-15-6-8-19(23)17(11-15)16-7-5-14(12-22)10-18(16)21/h5-8,10-11,13,23H,3-4,9H2,1-2H3. The first-order valence-electron chi connectivity index (χ1n) is 8.32. The van der Waals surface area contributed by atoms with E-state index in [9.17, 15) is 14.3 Å². The van der Waals surface area contributed by atoms with Crippen LogP contribution in [0.5, 0.6) is 11.5 Å². The fraction of sp³-hybridized carbons (Fsp3) is 0.300. The number of hydrogen-bond acceptors (Lipinski definition) is 5. The summed E-state index contributed by atoms with van der Waals surface area (Å²) in [6.45, 7) is 3.89. The normalized spacial score (nSPS) is 11.5. The third kappa shape index (κ3) is 4.73. The van der Waals surface area contributed by atoms with Gasteiger partial charge in [-0.15, -0.1) is 0 Å². The van der Waals surface area contributed by atoms with Gasteiger partial charge in [0.1, 0.15) is 17.3 Å². The monoisotopic (exact) mass is 357 g/mol. The Morgan fingerprint density at radius 3 is 2.69 bits per heavy atom. The Bertz CT molecular complexity index is 829. The molecule has 0 saturated carbocycles. The van der Waals surface area contributed by atoms with E-state index < -0.39 is 17.9 Å². The molecular formula is C20H20FNO4. The molecule has 1 atom stereocenters. The first-order chi connectivity index (χ1) is 12.5. The van der Waals surface area contributed by atoms with Crippen LogP contribution in [0.25, 0.3) is 11.1 Å². The van der Waals surface area contributed by atoms with Crippen LogP contribution in [0.4, 0.5) is 4.39 Å². The Morgan fingerprint density at radius 2 is 2.04 bits per heavy atom. The van der Waals surface area contributed by atoms with Gasteiger partial charge in [-0.2, -0.15) is 5.26 Å². The lowest BCUT2D eigenvalue weighted by Crippen LogP contribution is -2.26. The number of aromatic hydroxyl groups is 1. The first-order valence-corrected chi connectivity index (χ1v) is 8.32.